The van der Waals surface area contributed by atoms with Crippen molar-refractivity contribution in [3.8, 4) is 0 Å². The summed E-state index contributed by atoms with van der Waals surface area (Å²) in [6.45, 7) is 2.41. The second-order valence-electron chi connectivity index (χ2n) is 5.62. The van der Waals surface area contributed by atoms with Crippen LogP contribution in [0.2, 0.25) is 0 Å². The largest absolute Gasteiger partial charge is 0.352 e. The SMILES string of the molecule is CCC(=O)Nc1cccc(C(=O)NCCC(=O)NCc2ccncc2)c1. The lowest BCUT2D eigenvalue weighted by Gasteiger charge is -2.08. The molecule has 2 aromatic rings. The fourth-order valence-electron chi connectivity index (χ4n) is 2.17. The van der Waals surface area contributed by atoms with Gasteiger partial charge >= 0.3 is 0 Å². The molecule has 0 spiro atoms. The van der Waals surface area contributed by atoms with Crippen LogP contribution in [0.3, 0.4) is 0 Å². The first-order valence-corrected chi connectivity index (χ1v) is 8.42. The number of carbonyl (C=O) groups is 3. The average molecular weight is 354 g/mol. The molecule has 2 rings (SSSR count). The van der Waals surface area contributed by atoms with E-state index in [1.54, 1.807) is 43.6 Å². The fraction of sp³-hybridized carbons (Fsp3) is 0.263. The Labute approximate surface area is 152 Å². The van der Waals surface area contributed by atoms with Gasteiger partial charge in [-0.1, -0.05) is 13.0 Å². The molecule has 0 atom stereocenters. The molecule has 7 nitrogen and oxygen atoms in total. The maximum Gasteiger partial charge on any atom is 0.251 e. The zero-order chi connectivity index (χ0) is 18.8. The van der Waals surface area contributed by atoms with E-state index in [2.05, 4.69) is 20.9 Å². The number of hydrogen-bond acceptors (Lipinski definition) is 4. The first-order valence-electron chi connectivity index (χ1n) is 8.42. The van der Waals surface area contributed by atoms with Gasteiger partial charge in [0.15, 0.2) is 0 Å². The topological polar surface area (TPSA) is 100 Å². The van der Waals surface area contributed by atoms with E-state index in [1.165, 1.54) is 0 Å². The van der Waals surface area contributed by atoms with Gasteiger partial charge in [0.05, 0.1) is 0 Å². The molecule has 0 aliphatic heterocycles. The Morgan fingerprint density at radius 2 is 1.77 bits per heavy atom. The molecule has 0 aliphatic rings. The van der Waals surface area contributed by atoms with Gasteiger partial charge in [-0.2, -0.15) is 0 Å². The summed E-state index contributed by atoms with van der Waals surface area (Å²) in [6.07, 6.45) is 3.88. The predicted octanol–water partition coefficient (Wildman–Crippen LogP) is 1.87. The normalized spacial score (nSPS) is 10.0. The Kier molecular flexibility index (Phi) is 7.30. The minimum atomic E-state index is -0.292. The summed E-state index contributed by atoms with van der Waals surface area (Å²) in [5, 5.41) is 8.19. The van der Waals surface area contributed by atoms with Gasteiger partial charge in [0.2, 0.25) is 11.8 Å². The van der Waals surface area contributed by atoms with Gasteiger partial charge in [0.25, 0.3) is 5.91 Å². The highest BCUT2D eigenvalue weighted by molar-refractivity contribution is 5.97. The van der Waals surface area contributed by atoms with E-state index >= 15 is 0 Å². The molecule has 0 fully saturated rings. The molecule has 0 bridgehead atoms. The molecule has 3 N–H and O–H groups in total. The molecule has 136 valence electrons. The van der Waals surface area contributed by atoms with Crippen LogP contribution in [0.1, 0.15) is 35.7 Å². The van der Waals surface area contributed by atoms with Crippen LogP contribution in [0.25, 0.3) is 0 Å². The smallest absolute Gasteiger partial charge is 0.251 e. The zero-order valence-corrected chi connectivity index (χ0v) is 14.6. The minimum absolute atomic E-state index is 0.117. The molecule has 0 saturated heterocycles. The predicted molar refractivity (Wildman–Crippen MR) is 98.4 cm³/mol. The number of amides is 3. The van der Waals surface area contributed by atoms with Crippen LogP contribution in [0.4, 0.5) is 5.69 Å². The van der Waals surface area contributed by atoms with Crippen LogP contribution in [0, 0.1) is 0 Å². The molecule has 3 amide bonds. The summed E-state index contributed by atoms with van der Waals surface area (Å²) in [6, 6.07) is 10.3. The number of carbonyl (C=O) groups excluding carboxylic acids is 3. The van der Waals surface area contributed by atoms with Crippen molar-refractivity contribution in [1.29, 1.82) is 0 Å². The van der Waals surface area contributed by atoms with Gasteiger partial charge in [-0.3, -0.25) is 19.4 Å². The minimum Gasteiger partial charge on any atom is -0.352 e. The third kappa shape index (κ3) is 6.35. The molecular formula is C19H22N4O3. The molecular weight excluding hydrogens is 332 g/mol. The number of hydrogen-bond donors (Lipinski definition) is 3. The second kappa shape index (κ2) is 9.93. The number of pyridine rings is 1. The van der Waals surface area contributed by atoms with Gasteiger partial charge in [-0.05, 0) is 35.9 Å². The van der Waals surface area contributed by atoms with E-state index < -0.39 is 0 Å². The van der Waals surface area contributed by atoms with Crippen molar-refractivity contribution in [2.24, 2.45) is 0 Å². The maximum absolute atomic E-state index is 12.2. The number of anilines is 1. The first-order chi connectivity index (χ1) is 12.6. The molecule has 0 aliphatic carbocycles. The molecule has 0 saturated carbocycles. The summed E-state index contributed by atoms with van der Waals surface area (Å²) < 4.78 is 0. The van der Waals surface area contributed by atoms with Gasteiger partial charge in [-0.15, -0.1) is 0 Å². The monoisotopic (exact) mass is 354 g/mol. The zero-order valence-electron chi connectivity index (χ0n) is 14.6. The van der Waals surface area contributed by atoms with Crippen molar-refractivity contribution in [3.63, 3.8) is 0 Å². The molecule has 26 heavy (non-hydrogen) atoms. The molecule has 1 aromatic heterocycles. The molecule has 0 radical (unpaired) electrons. The summed E-state index contributed by atoms with van der Waals surface area (Å²) >= 11 is 0. The van der Waals surface area contributed by atoms with Gasteiger partial charge < -0.3 is 16.0 Å². The Morgan fingerprint density at radius 3 is 2.50 bits per heavy atom. The Balaban J connectivity index is 1.75. The van der Waals surface area contributed by atoms with Crippen LogP contribution in [-0.2, 0) is 16.1 Å². The van der Waals surface area contributed by atoms with Gasteiger partial charge in [-0.25, -0.2) is 0 Å². The standard InChI is InChI=1S/C19H22N4O3/c1-2-17(24)23-16-5-3-4-15(12-16)19(26)21-11-8-18(25)22-13-14-6-9-20-10-7-14/h3-7,9-10,12H,2,8,11,13H2,1H3,(H,21,26)(H,22,25)(H,23,24). The van der Waals surface area contributed by atoms with Crippen molar-refractivity contribution >= 4 is 23.4 Å². The summed E-state index contributed by atoms with van der Waals surface area (Å²) in [7, 11) is 0. The fourth-order valence-corrected chi connectivity index (χ4v) is 2.17. The van der Waals surface area contributed by atoms with Crippen LogP contribution < -0.4 is 16.0 Å². The maximum atomic E-state index is 12.2. The number of aromatic nitrogens is 1. The summed E-state index contributed by atoms with van der Waals surface area (Å²) in [5.74, 6) is -0.556. The van der Waals surface area contributed by atoms with E-state index in [0.717, 1.165) is 5.56 Å². The lowest BCUT2D eigenvalue weighted by atomic mass is 10.2. The third-order valence-electron chi connectivity index (χ3n) is 3.61. The summed E-state index contributed by atoms with van der Waals surface area (Å²) in [5.41, 5.74) is 1.96. The van der Waals surface area contributed by atoms with E-state index in [-0.39, 0.29) is 30.7 Å². The first kappa shape index (κ1) is 19.1. The van der Waals surface area contributed by atoms with Crippen LogP contribution >= 0.6 is 0 Å². The third-order valence-corrected chi connectivity index (χ3v) is 3.61. The lowest BCUT2D eigenvalue weighted by molar-refractivity contribution is -0.121. The van der Waals surface area contributed by atoms with E-state index in [4.69, 9.17) is 0 Å². The van der Waals surface area contributed by atoms with Crippen LogP contribution in [0.15, 0.2) is 48.8 Å². The molecule has 1 heterocycles. The highest BCUT2D eigenvalue weighted by Gasteiger charge is 2.08. The Morgan fingerprint density at radius 1 is 1.00 bits per heavy atom. The van der Waals surface area contributed by atoms with Crippen LogP contribution in [0.5, 0.6) is 0 Å². The molecule has 0 unspecified atom stereocenters. The average Bonchev–Trinajstić information content (AvgIpc) is 2.67. The van der Waals surface area contributed by atoms with E-state index in [9.17, 15) is 14.4 Å². The van der Waals surface area contributed by atoms with Crippen molar-refractivity contribution in [2.75, 3.05) is 11.9 Å². The van der Waals surface area contributed by atoms with Gasteiger partial charge in [0, 0.05) is 49.6 Å². The van der Waals surface area contributed by atoms with Crippen molar-refractivity contribution in [1.82, 2.24) is 15.6 Å². The second-order valence-corrected chi connectivity index (χ2v) is 5.62. The lowest BCUT2D eigenvalue weighted by Crippen LogP contribution is -2.30. The Bertz CT molecular complexity index is 762. The Hall–Kier alpha value is -3.22. The molecule has 1 aromatic carbocycles. The molecule has 7 heteroatoms. The van der Waals surface area contributed by atoms with Crippen molar-refractivity contribution in [3.05, 3.63) is 59.9 Å². The van der Waals surface area contributed by atoms with E-state index in [0.29, 0.717) is 24.2 Å². The summed E-state index contributed by atoms with van der Waals surface area (Å²) in [4.78, 5) is 39.3. The number of nitrogens with zero attached hydrogens (tertiary/aromatic N) is 1. The number of rotatable bonds is 8. The van der Waals surface area contributed by atoms with Crippen molar-refractivity contribution < 1.29 is 14.4 Å². The van der Waals surface area contributed by atoms with E-state index in [1.807, 2.05) is 12.1 Å². The number of nitrogens with one attached hydrogen (secondary N) is 3. The van der Waals surface area contributed by atoms with Crippen LogP contribution in [-0.4, -0.2) is 29.3 Å². The quantitative estimate of drug-likeness (QED) is 0.674. The van der Waals surface area contributed by atoms with Crippen molar-refractivity contribution in [2.45, 2.75) is 26.3 Å². The number of benzene rings is 1. The van der Waals surface area contributed by atoms with Gasteiger partial charge in [0.1, 0.15) is 0 Å². The highest BCUT2D eigenvalue weighted by atomic mass is 16.2. The highest BCUT2D eigenvalue weighted by Crippen LogP contribution is 2.11.